The van der Waals surface area contributed by atoms with E-state index in [4.69, 9.17) is 5.73 Å². The van der Waals surface area contributed by atoms with Gasteiger partial charge in [0, 0.05) is 28.1 Å². The summed E-state index contributed by atoms with van der Waals surface area (Å²) in [5.74, 6) is 5.71. The van der Waals surface area contributed by atoms with Crippen molar-refractivity contribution in [1.82, 2.24) is 4.98 Å². The summed E-state index contributed by atoms with van der Waals surface area (Å²) in [6.07, 6.45) is 1.66. The average molecular weight is 278 g/mol. The lowest BCUT2D eigenvalue weighted by atomic mass is 10.1. The van der Waals surface area contributed by atoms with E-state index in [1.165, 1.54) is 0 Å². The molecule has 0 fully saturated rings. The molecular weight excluding hydrogens is 268 g/mol. The Labute approximate surface area is 120 Å². The molecule has 0 atom stereocenters. The number of thiophene rings is 1. The Kier molecular flexibility index (Phi) is 3.20. The van der Waals surface area contributed by atoms with Crippen LogP contribution >= 0.6 is 11.3 Å². The molecule has 0 bridgehead atoms. The zero-order valence-corrected chi connectivity index (χ0v) is 11.3. The molecule has 1 amide bonds. The van der Waals surface area contributed by atoms with Crippen LogP contribution in [0.5, 0.6) is 0 Å². The summed E-state index contributed by atoms with van der Waals surface area (Å²) in [5, 5.41) is 2.88. The van der Waals surface area contributed by atoms with Crippen LogP contribution in [-0.2, 0) is 0 Å². The quantitative estimate of drug-likeness (QED) is 0.696. The first kappa shape index (κ1) is 12.4. The molecule has 0 aliphatic heterocycles. The van der Waals surface area contributed by atoms with Gasteiger partial charge in [-0.3, -0.25) is 4.79 Å². The Bertz CT molecular complexity index is 841. The lowest BCUT2D eigenvalue weighted by molar-refractivity contribution is 0.0996. The molecular formula is C16H10N2OS. The first-order valence-corrected chi connectivity index (χ1v) is 6.86. The van der Waals surface area contributed by atoms with Crippen LogP contribution in [0.25, 0.3) is 10.1 Å². The summed E-state index contributed by atoms with van der Waals surface area (Å²) in [6.45, 7) is 0. The van der Waals surface area contributed by atoms with Gasteiger partial charge in [0.05, 0.1) is 4.70 Å². The van der Waals surface area contributed by atoms with Crippen LogP contribution in [0.4, 0.5) is 0 Å². The molecule has 0 spiro atoms. The van der Waals surface area contributed by atoms with E-state index in [2.05, 4.69) is 16.8 Å². The third-order valence-corrected chi connectivity index (χ3v) is 3.76. The standard InChI is InChI=1S/C16H10N2OS/c17-16(19)14-8-13-12(10-20-15(13)9-18-14)7-6-11-4-2-1-3-5-11/h1-5,8-10H,(H2,17,19). The van der Waals surface area contributed by atoms with E-state index in [-0.39, 0.29) is 5.69 Å². The Morgan fingerprint density at radius 3 is 2.75 bits per heavy atom. The smallest absolute Gasteiger partial charge is 0.267 e. The zero-order chi connectivity index (χ0) is 13.9. The molecule has 2 N–H and O–H groups in total. The summed E-state index contributed by atoms with van der Waals surface area (Å²) < 4.78 is 0.993. The van der Waals surface area contributed by atoms with Crippen LogP contribution in [0, 0.1) is 11.8 Å². The number of pyridine rings is 1. The Morgan fingerprint density at radius 1 is 1.20 bits per heavy atom. The maximum absolute atomic E-state index is 11.2. The molecule has 0 saturated carbocycles. The number of hydrogen-bond donors (Lipinski definition) is 1. The first-order chi connectivity index (χ1) is 9.74. The molecule has 0 aliphatic rings. The number of carbonyl (C=O) groups is 1. The molecule has 2 aromatic heterocycles. The van der Waals surface area contributed by atoms with Gasteiger partial charge in [-0.25, -0.2) is 4.98 Å². The normalized spacial score (nSPS) is 10.0. The molecule has 3 aromatic rings. The second-order valence-corrected chi connectivity index (χ2v) is 5.11. The third-order valence-electron chi connectivity index (χ3n) is 2.83. The number of primary amides is 1. The monoisotopic (exact) mass is 278 g/mol. The number of nitrogens with zero attached hydrogens (tertiary/aromatic N) is 1. The molecule has 0 unspecified atom stereocenters. The van der Waals surface area contributed by atoms with Crippen molar-refractivity contribution in [3.63, 3.8) is 0 Å². The number of carbonyl (C=O) groups excluding carboxylic acids is 1. The van der Waals surface area contributed by atoms with Crippen LogP contribution in [0.3, 0.4) is 0 Å². The van der Waals surface area contributed by atoms with Crippen LogP contribution < -0.4 is 5.73 Å². The Morgan fingerprint density at radius 2 is 2.00 bits per heavy atom. The van der Waals surface area contributed by atoms with Gasteiger partial charge in [0.15, 0.2) is 0 Å². The second kappa shape index (κ2) is 5.16. The van der Waals surface area contributed by atoms with Gasteiger partial charge in [-0.05, 0) is 18.2 Å². The fourth-order valence-electron chi connectivity index (χ4n) is 1.83. The lowest BCUT2D eigenvalue weighted by Gasteiger charge is -1.95. The van der Waals surface area contributed by atoms with Gasteiger partial charge in [0.1, 0.15) is 5.69 Å². The van der Waals surface area contributed by atoms with Gasteiger partial charge in [0.2, 0.25) is 0 Å². The third kappa shape index (κ3) is 2.40. The number of rotatable bonds is 1. The van der Waals surface area contributed by atoms with Crippen molar-refractivity contribution in [2.24, 2.45) is 5.73 Å². The average Bonchev–Trinajstić information content (AvgIpc) is 2.88. The maximum atomic E-state index is 11.2. The van der Waals surface area contributed by atoms with Gasteiger partial charge in [-0.1, -0.05) is 30.0 Å². The van der Waals surface area contributed by atoms with Gasteiger partial charge >= 0.3 is 0 Å². The highest BCUT2D eigenvalue weighted by Crippen LogP contribution is 2.25. The van der Waals surface area contributed by atoms with Crippen molar-refractivity contribution in [1.29, 1.82) is 0 Å². The van der Waals surface area contributed by atoms with Gasteiger partial charge in [0.25, 0.3) is 5.91 Å². The molecule has 0 radical (unpaired) electrons. The molecule has 4 heteroatoms. The summed E-state index contributed by atoms with van der Waals surface area (Å²) in [6, 6.07) is 11.5. The molecule has 2 heterocycles. The van der Waals surface area contributed by atoms with E-state index >= 15 is 0 Å². The van der Waals surface area contributed by atoms with E-state index in [0.29, 0.717) is 0 Å². The van der Waals surface area contributed by atoms with Crippen molar-refractivity contribution < 1.29 is 4.79 Å². The second-order valence-electron chi connectivity index (χ2n) is 4.20. The highest BCUT2D eigenvalue weighted by atomic mass is 32.1. The van der Waals surface area contributed by atoms with Crippen LogP contribution in [0.15, 0.2) is 48.0 Å². The number of aromatic nitrogens is 1. The van der Waals surface area contributed by atoms with Crippen LogP contribution in [0.2, 0.25) is 0 Å². The van der Waals surface area contributed by atoms with Gasteiger partial charge < -0.3 is 5.73 Å². The van der Waals surface area contributed by atoms with Crippen LogP contribution in [-0.4, -0.2) is 10.9 Å². The SMILES string of the molecule is NC(=O)c1cc2c(C#Cc3ccccc3)csc2cn1. The van der Waals surface area contributed by atoms with Crippen molar-refractivity contribution >= 4 is 27.3 Å². The lowest BCUT2D eigenvalue weighted by Crippen LogP contribution is -2.12. The number of nitrogens with two attached hydrogens (primary N) is 1. The first-order valence-electron chi connectivity index (χ1n) is 5.98. The predicted molar refractivity (Wildman–Crippen MR) is 80.6 cm³/mol. The topological polar surface area (TPSA) is 56.0 Å². The number of fused-ring (bicyclic) bond motifs is 1. The van der Waals surface area contributed by atoms with E-state index < -0.39 is 5.91 Å². The largest absolute Gasteiger partial charge is 0.364 e. The molecule has 0 saturated heterocycles. The maximum Gasteiger partial charge on any atom is 0.267 e. The van der Waals surface area contributed by atoms with Gasteiger partial charge in [-0.15, -0.1) is 11.3 Å². The minimum Gasteiger partial charge on any atom is -0.364 e. The van der Waals surface area contributed by atoms with Crippen LogP contribution in [0.1, 0.15) is 21.6 Å². The predicted octanol–water partition coefficient (Wildman–Crippen LogP) is 2.80. The Balaban J connectivity index is 2.06. The van der Waals surface area contributed by atoms with E-state index in [1.54, 1.807) is 23.6 Å². The Hall–Kier alpha value is -2.64. The summed E-state index contributed by atoms with van der Waals surface area (Å²) in [5.41, 5.74) is 7.36. The highest BCUT2D eigenvalue weighted by Gasteiger charge is 2.07. The highest BCUT2D eigenvalue weighted by molar-refractivity contribution is 7.17. The summed E-state index contributed by atoms with van der Waals surface area (Å²) >= 11 is 1.55. The molecule has 20 heavy (non-hydrogen) atoms. The zero-order valence-electron chi connectivity index (χ0n) is 10.5. The number of amides is 1. The van der Waals surface area contributed by atoms with E-state index in [1.807, 2.05) is 35.7 Å². The fraction of sp³-hybridized carbons (Fsp3) is 0. The van der Waals surface area contributed by atoms with Crippen molar-refractivity contribution in [2.75, 3.05) is 0 Å². The summed E-state index contributed by atoms with van der Waals surface area (Å²) in [4.78, 5) is 15.2. The minimum absolute atomic E-state index is 0.263. The van der Waals surface area contributed by atoms with Gasteiger partial charge in [-0.2, -0.15) is 0 Å². The molecule has 3 nitrogen and oxygen atoms in total. The molecule has 96 valence electrons. The fourth-order valence-corrected chi connectivity index (χ4v) is 2.67. The number of hydrogen-bond acceptors (Lipinski definition) is 3. The molecule has 0 aliphatic carbocycles. The van der Waals surface area contributed by atoms with Crippen molar-refractivity contribution in [3.8, 4) is 11.8 Å². The van der Waals surface area contributed by atoms with E-state index in [0.717, 1.165) is 21.2 Å². The summed E-state index contributed by atoms with van der Waals surface area (Å²) in [7, 11) is 0. The molecule has 1 aromatic carbocycles. The minimum atomic E-state index is -0.528. The number of benzene rings is 1. The van der Waals surface area contributed by atoms with Crippen molar-refractivity contribution in [2.45, 2.75) is 0 Å². The molecule has 3 rings (SSSR count). The van der Waals surface area contributed by atoms with E-state index in [9.17, 15) is 4.79 Å². The van der Waals surface area contributed by atoms with Crippen molar-refractivity contribution in [3.05, 3.63) is 64.8 Å².